The van der Waals surface area contributed by atoms with Crippen molar-refractivity contribution in [3.63, 3.8) is 0 Å². The van der Waals surface area contributed by atoms with Gasteiger partial charge in [-0.3, -0.25) is 0 Å². The Kier molecular flexibility index (Phi) is 5.17. The lowest BCUT2D eigenvalue weighted by molar-refractivity contribution is 0.109. The summed E-state index contributed by atoms with van der Waals surface area (Å²) in [6.45, 7) is 2.78. The van der Waals surface area contributed by atoms with Crippen LogP contribution in [0.5, 0.6) is 5.75 Å². The van der Waals surface area contributed by atoms with Crippen LogP contribution in [-0.2, 0) is 15.0 Å². The van der Waals surface area contributed by atoms with Gasteiger partial charge in [0.2, 0.25) is 0 Å². The largest absolute Gasteiger partial charge is 0.490 e. The van der Waals surface area contributed by atoms with E-state index in [9.17, 15) is 12.3 Å². The second kappa shape index (κ2) is 6.18. The van der Waals surface area contributed by atoms with E-state index in [4.69, 9.17) is 21.1 Å². The van der Waals surface area contributed by atoms with E-state index in [1.807, 2.05) is 6.92 Å². The van der Waals surface area contributed by atoms with Crippen LogP contribution in [0.15, 0.2) is 23.1 Å². The van der Waals surface area contributed by atoms with Crippen LogP contribution in [0.2, 0.25) is 5.02 Å². The molecule has 0 amide bonds. The van der Waals surface area contributed by atoms with Gasteiger partial charge in [0.05, 0.1) is 6.61 Å². The van der Waals surface area contributed by atoms with Crippen LogP contribution in [0.25, 0.3) is 0 Å². The Morgan fingerprint density at radius 2 is 2.06 bits per heavy atom. The monoisotopic (exact) mass is 282 g/mol. The zero-order chi connectivity index (χ0) is 12.9. The molecular weight excluding hydrogens is 271 g/mol. The molecule has 0 atom stereocenters. The maximum atomic E-state index is 12.9. The van der Waals surface area contributed by atoms with Gasteiger partial charge >= 0.3 is 10.2 Å². The van der Waals surface area contributed by atoms with Gasteiger partial charge in [0, 0.05) is 11.6 Å². The summed E-state index contributed by atoms with van der Waals surface area (Å²) in [5.74, 6) is -0.0726. The molecule has 0 saturated heterocycles. The van der Waals surface area contributed by atoms with Crippen molar-refractivity contribution in [3.05, 3.63) is 23.2 Å². The highest BCUT2D eigenvalue weighted by Crippen LogP contribution is 2.28. The Hall–Kier alpha value is -0.850. The molecule has 4 nitrogen and oxygen atoms in total. The van der Waals surface area contributed by atoms with E-state index in [-0.39, 0.29) is 17.4 Å². The molecule has 1 rings (SSSR count). The van der Waals surface area contributed by atoms with Crippen LogP contribution in [0.4, 0.5) is 3.89 Å². The van der Waals surface area contributed by atoms with Crippen molar-refractivity contribution in [2.45, 2.75) is 11.8 Å². The highest BCUT2D eigenvalue weighted by Gasteiger charge is 2.19. The first-order chi connectivity index (χ1) is 7.95. The lowest BCUT2D eigenvalue weighted by atomic mass is 10.3. The molecule has 0 saturated carbocycles. The van der Waals surface area contributed by atoms with Gasteiger partial charge in [0.1, 0.15) is 17.3 Å². The van der Waals surface area contributed by atoms with Gasteiger partial charge in [-0.15, -0.1) is 3.89 Å². The first-order valence-electron chi connectivity index (χ1n) is 4.90. The SMILES string of the molecule is CCOCCOc1ccc(Cl)cc1S(=O)(=O)F. The van der Waals surface area contributed by atoms with Crippen molar-refractivity contribution < 1.29 is 21.8 Å². The van der Waals surface area contributed by atoms with Gasteiger partial charge in [-0.2, -0.15) is 8.42 Å². The first-order valence-corrected chi connectivity index (χ1v) is 6.66. The number of halogens is 2. The van der Waals surface area contributed by atoms with Crippen LogP contribution in [-0.4, -0.2) is 28.2 Å². The number of hydrogen-bond donors (Lipinski definition) is 0. The van der Waals surface area contributed by atoms with Crippen LogP contribution >= 0.6 is 11.6 Å². The van der Waals surface area contributed by atoms with Gasteiger partial charge in [-0.05, 0) is 25.1 Å². The van der Waals surface area contributed by atoms with Crippen LogP contribution in [0, 0.1) is 0 Å². The predicted molar refractivity (Wildman–Crippen MR) is 61.7 cm³/mol. The van der Waals surface area contributed by atoms with Crippen molar-refractivity contribution in [1.29, 1.82) is 0 Å². The smallest absolute Gasteiger partial charge is 0.335 e. The second-order valence-corrected chi connectivity index (χ2v) is 4.83. The second-order valence-electron chi connectivity index (χ2n) is 3.07. The highest BCUT2D eigenvalue weighted by molar-refractivity contribution is 7.86. The number of rotatable bonds is 6. The van der Waals surface area contributed by atoms with Crippen molar-refractivity contribution in [2.24, 2.45) is 0 Å². The van der Waals surface area contributed by atoms with E-state index in [2.05, 4.69) is 0 Å². The Labute approximate surface area is 105 Å². The first kappa shape index (κ1) is 14.2. The number of ether oxygens (including phenoxy) is 2. The molecule has 0 N–H and O–H groups in total. The van der Waals surface area contributed by atoms with Crippen molar-refractivity contribution in [3.8, 4) is 5.75 Å². The third-order valence-electron chi connectivity index (χ3n) is 1.86. The maximum Gasteiger partial charge on any atom is 0.335 e. The fourth-order valence-corrected chi connectivity index (χ4v) is 2.02. The quantitative estimate of drug-likeness (QED) is 0.594. The van der Waals surface area contributed by atoms with E-state index < -0.39 is 15.1 Å². The average molecular weight is 283 g/mol. The van der Waals surface area contributed by atoms with Gasteiger partial charge in [-0.25, -0.2) is 0 Å². The molecule has 0 bridgehead atoms. The summed E-state index contributed by atoms with van der Waals surface area (Å²) in [6.07, 6.45) is 0. The number of benzene rings is 1. The molecule has 0 heterocycles. The predicted octanol–water partition coefficient (Wildman–Crippen LogP) is 2.41. The maximum absolute atomic E-state index is 12.9. The van der Waals surface area contributed by atoms with Crippen LogP contribution < -0.4 is 4.74 Å². The standard InChI is InChI=1S/C10H12ClFO4S/c1-2-15-5-6-16-9-4-3-8(11)7-10(9)17(12,13)14/h3-4,7H,2,5-6H2,1H3. The molecule has 0 fully saturated rings. The summed E-state index contributed by atoms with van der Waals surface area (Å²) in [7, 11) is -4.85. The summed E-state index contributed by atoms with van der Waals surface area (Å²) in [6, 6.07) is 3.74. The van der Waals surface area contributed by atoms with Gasteiger partial charge < -0.3 is 9.47 Å². The number of hydrogen-bond acceptors (Lipinski definition) is 4. The third-order valence-corrected chi connectivity index (χ3v) is 2.94. The minimum atomic E-state index is -4.85. The zero-order valence-corrected chi connectivity index (χ0v) is 10.7. The van der Waals surface area contributed by atoms with Gasteiger partial charge in [-0.1, -0.05) is 11.6 Å². The van der Waals surface area contributed by atoms with Crippen molar-refractivity contribution >= 4 is 21.8 Å². The lowest BCUT2D eigenvalue weighted by Crippen LogP contribution is -2.08. The minimum absolute atomic E-state index is 0.0726. The summed E-state index contributed by atoms with van der Waals surface area (Å²) < 4.78 is 44.8. The average Bonchev–Trinajstić information content (AvgIpc) is 2.25. The summed E-state index contributed by atoms with van der Waals surface area (Å²) in [5, 5.41) is 0.124. The molecule has 1 aromatic rings. The van der Waals surface area contributed by atoms with E-state index >= 15 is 0 Å². The zero-order valence-electron chi connectivity index (χ0n) is 9.15. The molecule has 0 unspecified atom stereocenters. The lowest BCUT2D eigenvalue weighted by Gasteiger charge is -2.09. The van der Waals surface area contributed by atoms with E-state index in [1.54, 1.807) is 0 Å². The molecule has 0 aliphatic carbocycles. The molecule has 0 aliphatic rings. The molecule has 0 aromatic heterocycles. The topological polar surface area (TPSA) is 52.6 Å². The molecular formula is C10H12ClFO4S. The molecule has 0 radical (unpaired) electrons. The Balaban J connectivity index is 2.84. The molecule has 0 aliphatic heterocycles. The van der Waals surface area contributed by atoms with Crippen LogP contribution in [0.3, 0.4) is 0 Å². The van der Waals surface area contributed by atoms with E-state index in [0.29, 0.717) is 13.2 Å². The molecule has 96 valence electrons. The minimum Gasteiger partial charge on any atom is -0.490 e. The van der Waals surface area contributed by atoms with E-state index in [1.165, 1.54) is 12.1 Å². The third kappa shape index (κ3) is 4.49. The normalized spacial score (nSPS) is 11.5. The Morgan fingerprint density at radius 3 is 2.65 bits per heavy atom. The fraction of sp³-hybridized carbons (Fsp3) is 0.400. The van der Waals surface area contributed by atoms with Gasteiger partial charge in [0.25, 0.3) is 0 Å². The Morgan fingerprint density at radius 1 is 1.35 bits per heavy atom. The van der Waals surface area contributed by atoms with Crippen LogP contribution in [0.1, 0.15) is 6.92 Å². The van der Waals surface area contributed by atoms with E-state index in [0.717, 1.165) is 6.07 Å². The van der Waals surface area contributed by atoms with Gasteiger partial charge in [0.15, 0.2) is 0 Å². The highest BCUT2D eigenvalue weighted by atomic mass is 35.5. The summed E-state index contributed by atoms with van der Waals surface area (Å²) >= 11 is 5.60. The molecule has 7 heteroatoms. The molecule has 17 heavy (non-hydrogen) atoms. The molecule has 1 aromatic carbocycles. The molecule has 0 spiro atoms. The summed E-state index contributed by atoms with van der Waals surface area (Å²) in [5.41, 5.74) is 0. The Bertz CT molecular complexity index is 475. The fourth-order valence-electron chi connectivity index (χ4n) is 1.15. The van der Waals surface area contributed by atoms with Crippen molar-refractivity contribution in [2.75, 3.05) is 19.8 Å². The van der Waals surface area contributed by atoms with Crippen molar-refractivity contribution in [1.82, 2.24) is 0 Å². The summed E-state index contributed by atoms with van der Waals surface area (Å²) in [4.78, 5) is -0.568.